The fraction of sp³-hybridized carbons (Fsp3) is 0.318. The Labute approximate surface area is 190 Å². The second kappa shape index (κ2) is 11.2. The number of amides is 2. The van der Waals surface area contributed by atoms with Crippen LogP contribution < -0.4 is 24.8 Å². The van der Waals surface area contributed by atoms with Crippen molar-refractivity contribution in [1.29, 1.82) is 0 Å². The fourth-order valence-electron chi connectivity index (χ4n) is 2.72. The number of hydrogen-bond acceptors (Lipinski definition) is 7. The van der Waals surface area contributed by atoms with Crippen molar-refractivity contribution in [3.05, 3.63) is 46.5 Å². The van der Waals surface area contributed by atoms with Crippen molar-refractivity contribution in [2.24, 2.45) is 0 Å². The molecule has 0 aliphatic heterocycles. The SMILES string of the molecule is COc1cc(C(=O)NCC(=O)OC(C)C(=O)Nc2cc(Cl)ccc2C)cc(OC)c1OC. The predicted molar refractivity (Wildman–Crippen MR) is 119 cm³/mol. The average molecular weight is 465 g/mol. The first kappa shape index (κ1) is 24.8. The van der Waals surface area contributed by atoms with Crippen LogP contribution in [0.5, 0.6) is 17.2 Å². The topological polar surface area (TPSA) is 112 Å². The highest BCUT2D eigenvalue weighted by Gasteiger charge is 2.21. The number of ether oxygens (including phenoxy) is 4. The van der Waals surface area contributed by atoms with E-state index in [9.17, 15) is 14.4 Å². The van der Waals surface area contributed by atoms with E-state index in [4.69, 9.17) is 30.5 Å². The number of aryl methyl sites for hydroxylation is 1. The van der Waals surface area contributed by atoms with Crippen molar-refractivity contribution >= 4 is 35.1 Å². The molecule has 2 rings (SSSR count). The maximum atomic E-state index is 12.5. The maximum absolute atomic E-state index is 12.5. The first-order valence-electron chi connectivity index (χ1n) is 9.54. The molecule has 1 atom stereocenters. The molecule has 0 aliphatic rings. The van der Waals surface area contributed by atoms with Crippen LogP contribution in [0.3, 0.4) is 0 Å². The lowest BCUT2D eigenvalue weighted by atomic mass is 10.1. The molecule has 0 heterocycles. The van der Waals surface area contributed by atoms with E-state index in [-0.39, 0.29) is 5.56 Å². The average Bonchev–Trinajstić information content (AvgIpc) is 2.78. The molecule has 0 saturated carbocycles. The van der Waals surface area contributed by atoms with Crippen LogP contribution in [0, 0.1) is 6.92 Å². The van der Waals surface area contributed by atoms with Gasteiger partial charge < -0.3 is 29.6 Å². The molecule has 0 aromatic heterocycles. The molecule has 2 amide bonds. The van der Waals surface area contributed by atoms with E-state index in [1.165, 1.54) is 40.4 Å². The van der Waals surface area contributed by atoms with Crippen molar-refractivity contribution in [3.8, 4) is 17.2 Å². The molecule has 2 N–H and O–H groups in total. The van der Waals surface area contributed by atoms with Crippen LogP contribution in [0.4, 0.5) is 5.69 Å². The highest BCUT2D eigenvalue weighted by atomic mass is 35.5. The van der Waals surface area contributed by atoms with Crippen LogP contribution >= 0.6 is 11.6 Å². The summed E-state index contributed by atoms with van der Waals surface area (Å²) in [5, 5.41) is 5.55. The van der Waals surface area contributed by atoms with Crippen LogP contribution in [0.15, 0.2) is 30.3 Å². The molecular weight excluding hydrogens is 440 g/mol. The van der Waals surface area contributed by atoms with Crippen LogP contribution in [-0.4, -0.2) is 51.8 Å². The van der Waals surface area contributed by atoms with Gasteiger partial charge in [-0.05, 0) is 43.7 Å². The number of esters is 1. The second-order valence-corrected chi connectivity index (χ2v) is 7.11. The molecular formula is C22H25ClN2O7. The summed E-state index contributed by atoms with van der Waals surface area (Å²) in [5.74, 6) is -0.952. The third-order valence-electron chi connectivity index (χ3n) is 4.46. The number of hydrogen-bond donors (Lipinski definition) is 2. The molecule has 0 bridgehead atoms. The Balaban J connectivity index is 1.95. The molecule has 10 heteroatoms. The quantitative estimate of drug-likeness (QED) is 0.548. The second-order valence-electron chi connectivity index (χ2n) is 6.68. The molecule has 32 heavy (non-hydrogen) atoms. The Morgan fingerprint density at radius 1 is 1.00 bits per heavy atom. The van der Waals surface area contributed by atoms with Gasteiger partial charge >= 0.3 is 5.97 Å². The minimum atomic E-state index is -1.08. The first-order chi connectivity index (χ1) is 15.2. The summed E-state index contributed by atoms with van der Waals surface area (Å²) in [7, 11) is 4.29. The van der Waals surface area contributed by atoms with Crippen molar-refractivity contribution in [2.75, 3.05) is 33.2 Å². The molecule has 172 valence electrons. The van der Waals surface area contributed by atoms with Gasteiger partial charge in [0.2, 0.25) is 5.75 Å². The van der Waals surface area contributed by atoms with Gasteiger partial charge in [-0.25, -0.2) is 0 Å². The Bertz CT molecular complexity index is 985. The van der Waals surface area contributed by atoms with Gasteiger partial charge in [0, 0.05) is 16.3 Å². The number of halogens is 1. The molecule has 2 aromatic carbocycles. The molecule has 9 nitrogen and oxygen atoms in total. The number of anilines is 1. The van der Waals surface area contributed by atoms with E-state index < -0.39 is 30.4 Å². The highest BCUT2D eigenvalue weighted by molar-refractivity contribution is 6.31. The van der Waals surface area contributed by atoms with Crippen LogP contribution in [0.25, 0.3) is 0 Å². The monoisotopic (exact) mass is 464 g/mol. The minimum absolute atomic E-state index is 0.189. The molecule has 1 unspecified atom stereocenters. The van der Waals surface area contributed by atoms with Crippen LogP contribution in [0.2, 0.25) is 5.02 Å². The van der Waals surface area contributed by atoms with E-state index in [1.807, 2.05) is 0 Å². The molecule has 2 aromatic rings. The number of rotatable bonds is 9. The van der Waals surface area contributed by atoms with Crippen molar-refractivity contribution < 1.29 is 33.3 Å². The van der Waals surface area contributed by atoms with Crippen molar-refractivity contribution in [3.63, 3.8) is 0 Å². The summed E-state index contributed by atoms with van der Waals surface area (Å²) in [4.78, 5) is 36.9. The van der Waals surface area contributed by atoms with Gasteiger partial charge in [-0.2, -0.15) is 0 Å². The highest BCUT2D eigenvalue weighted by Crippen LogP contribution is 2.38. The smallest absolute Gasteiger partial charge is 0.326 e. The summed E-state index contributed by atoms with van der Waals surface area (Å²) in [5.41, 5.74) is 1.51. The van der Waals surface area contributed by atoms with Gasteiger partial charge in [0.1, 0.15) is 6.54 Å². The number of benzene rings is 2. The van der Waals surface area contributed by atoms with E-state index in [2.05, 4.69) is 10.6 Å². The Kier molecular flexibility index (Phi) is 8.71. The largest absolute Gasteiger partial charge is 0.493 e. The zero-order chi connectivity index (χ0) is 23.8. The normalized spacial score (nSPS) is 11.2. The van der Waals surface area contributed by atoms with Gasteiger partial charge in [0.25, 0.3) is 11.8 Å². The van der Waals surface area contributed by atoms with Gasteiger partial charge in [-0.3, -0.25) is 14.4 Å². The lowest BCUT2D eigenvalue weighted by Gasteiger charge is -2.16. The zero-order valence-corrected chi connectivity index (χ0v) is 19.2. The lowest BCUT2D eigenvalue weighted by molar-refractivity contribution is -0.152. The summed E-state index contributed by atoms with van der Waals surface area (Å²) >= 11 is 5.94. The Hall–Kier alpha value is -3.46. The van der Waals surface area contributed by atoms with Gasteiger partial charge in [0.15, 0.2) is 17.6 Å². The molecule has 0 aliphatic carbocycles. The van der Waals surface area contributed by atoms with E-state index >= 15 is 0 Å². The number of nitrogens with one attached hydrogen (secondary N) is 2. The van der Waals surface area contributed by atoms with Crippen molar-refractivity contribution in [2.45, 2.75) is 20.0 Å². The third kappa shape index (κ3) is 6.27. The predicted octanol–water partition coefficient (Wildman–Crippen LogP) is 2.97. The molecule has 0 radical (unpaired) electrons. The maximum Gasteiger partial charge on any atom is 0.326 e. The summed E-state index contributed by atoms with van der Waals surface area (Å²) in [6, 6.07) is 7.96. The lowest BCUT2D eigenvalue weighted by Crippen LogP contribution is -2.36. The van der Waals surface area contributed by atoms with Crippen LogP contribution in [-0.2, 0) is 14.3 Å². The van der Waals surface area contributed by atoms with Crippen LogP contribution in [0.1, 0.15) is 22.8 Å². The summed E-state index contributed by atoms with van der Waals surface area (Å²) in [6.45, 7) is 2.79. The minimum Gasteiger partial charge on any atom is -0.493 e. The molecule has 0 saturated heterocycles. The first-order valence-corrected chi connectivity index (χ1v) is 9.92. The number of methoxy groups -OCH3 is 3. The fourth-order valence-corrected chi connectivity index (χ4v) is 2.89. The van der Waals surface area contributed by atoms with E-state index in [0.29, 0.717) is 28.0 Å². The van der Waals surface area contributed by atoms with Gasteiger partial charge in [0.05, 0.1) is 21.3 Å². The van der Waals surface area contributed by atoms with Gasteiger partial charge in [-0.15, -0.1) is 0 Å². The number of carbonyl (C=O) groups excluding carboxylic acids is 3. The molecule has 0 fully saturated rings. The summed E-state index contributed by atoms with van der Waals surface area (Å²) < 4.78 is 20.7. The third-order valence-corrected chi connectivity index (χ3v) is 4.69. The standard InChI is InChI=1S/C22H25ClN2O7/c1-12-6-7-15(23)10-16(12)25-21(27)13(2)32-19(26)11-24-22(28)14-8-17(29-3)20(31-5)18(9-14)30-4/h6-10,13H,11H2,1-5H3,(H,24,28)(H,25,27). The Morgan fingerprint density at radius 2 is 1.62 bits per heavy atom. The zero-order valence-electron chi connectivity index (χ0n) is 18.4. The van der Waals surface area contributed by atoms with E-state index in [1.54, 1.807) is 25.1 Å². The molecule has 0 spiro atoms. The Morgan fingerprint density at radius 3 is 2.19 bits per heavy atom. The summed E-state index contributed by atoms with van der Waals surface area (Å²) in [6.07, 6.45) is -1.08. The van der Waals surface area contributed by atoms with Crippen molar-refractivity contribution in [1.82, 2.24) is 5.32 Å². The number of carbonyl (C=O) groups is 3. The van der Waals surface area contributed by atoms with E-state index in [0.717, 1.165) is 5.56 Å². The van der Waals surface area contributed by atoms with Gasteiger partial charge in [-0.1, -0.05) is 17.7 Å².